The number of nitrogens with one attached hydrogen (secondary N) is 2. The summed E-state index contributed by atoms with van der Waals surface area (Å²) < 4.78 is 62.1. The van der Waals surface area contributed by atoms with Gasteiger partial charge in [-0.3, -0.25) is 27.7 Å². The summed E-state index contributed by atoms with van der Waals surface area (Å²) in [4.78, 5) is 75.5. The lowest BCUT2D eigenvalue weighted by atomic mass is 9.87. The molecule has 0 bridgehead atoms. The molecule has 1 saturated heterocycles. The van der Waals surface area contributed by atoms with Gasteiger partial charge in [0.25, 0.3) is 0 Å². The van der Waals surface area contributed by atoms with Crippen molar-refractivity contribution in [2.45, 2.75) is 64.8 Å². The number of imidazole rings is 1. The van der Waals surface area contributed by atoms with Crippen molar-refractivity contribution in [1.82, 2.24) is 30.2 Å². The van der Waals surface area contributed by atoms with Crippen molar-refractivity contribution in [3.63, 3.8) is 0 Å². The van der Waals surface area contributed by atoms with Crippen molar-refractivity contribution in [2.75, 3.05) is 37.8 Å². The number of rotatable bonds is 21. The second kappa shape index (κ2) is 19.5. The van der Waals surface area contributed by atoms with Crippen LogP contribution in [0.5, 0.6) is 0 Å². The molecule has 0 saturated carbocycles. The molecule has 3 heterocycles. The number of hydrogen-bond donors (Lipinski definition) is 9. The van der Waals surface area contributed by atoms with E-state index in [1.165, 1.54) is 25.6 Å². The first-order chi connectivity index (χ1) is 25.1. The van der Waals surface area contributed by atoms with Crippen LogP contribution in [0.15, 0.2) is 35.8 Å². The maximum Gasteiger partial charge on any atom is 0.481 e. The Hall–Kier alpha value is -2.63. The number of carbonyl (C=O) groups is 2. The lowest BCUT2D eigenvalue weighted by Crippen LogP contribution is -2.46. The van der Waals surface area contributed by atoms with E-state index in [0.29, 0.717) is 12.3 Å². The Balaban J connectivity index is 1.51. The summed E-state index contributed by atoms with van der Waals surface area (Å²) >= 11 is 1.51. The number of phosphoric ester groups is 3. The molecule has 1 fully saturated rings. The molecular weight excluding hydrogens is 803 g/mol. The quantitative estimate of drug-likeness (QED) is 0.0472. The third kappa shape index (κ3) is 13.8. The Bertz CT molecular complexity index is 1820. The molecule has 3 rings (SSSR count). The molecule has 2 amide bonds. The first-order valence-electron chi connectivity index (χ1n) is 15.9. The maximum absolute atomic E-state index is 12.7. The molecule has 0 aromatic carbocycles. The minimum Gasteiger partial charge on any atom is -0.386 e. The first-order valence-corrected chi connectivity index (χ1v) is 21.4. The van der Waals surface area contributed by atoms with E-state index in [1.807, 2.05) is 31.4 Å². The Kier molecular flexibility index (Phi) is 16.5. The van der Waals surface area contributed by atoms with Crippen LogP contribution in [0.25, 0.3) is 11.2 Å². The van der Waals surface area contributed by atoms with Gasteiger partial charge in [-0.05, 0) is 19.3 Å². The van der Waals surface area contributed by atoms with Crippen molar-refractivity contribution in [1.29, 1.82) is 0 Å². The monoisotopic (exact) mass is 847 g/mol. The molecule has 3 unspecified atom stereocenters. The van der Waals surface area contributed by atoms with E-state index in [0.717, 1.165) is 22.8 Å². The molecule has 0 radical (unpaired) electrons. The number of amides is 2. The Labute approximate surface area is 313 Å². The zero-order valence-electron chi connectivity index (χ0n) is 29.4. The van der Waals surface area contributed by atoms with Gasteiger partial charge in [-0.2, -0.15) is 4.31 Å². The van der Waals surface area contributed by atoms with Crippen molar-refractivity contribution in [2.24, 2.45) is 5.41 Å². The van der Waals surface area contributed by atoms with E-state index in [1.54, 1.807) is 0 Å². The first kappa shape index (κ1) is 45.8. The number of nitrogen functional groups attached to an aromatic ring is 1. The largest absolute Gasteiger partial charge is 0.481 e. The summed E-state index contributed by atoms with van der Waals surface area (Å²) in [5, 5.41) is 28.4. The van der Waals surface area contributed by atoms with E-state index in [4.69, 9.17) is 19.5 Å². The summed E-state index contributed by atoms with van der Waals surface area (Å²) in [6, 6.07) is 0. The lowest BCUT2D eigenvalue weighted by Gasteiger charge is -2.30. The number of phosphoric acid groups is 3. The van der Waals surface area contributed by atoms with Gasteiger partial charge in [0.05, 0.1) is 19.5 Å². The molecule has 304 valence electrons. The van der Waals surface area contributed by atoms with Crippen LogP contribution in [0.2, 0.25) is 0 Å². The van der Waals surface area contributed by atoms with Gasteiger partial charge in [0.1, 0.15) is 36.3 Å². The number of hydrogen-bond acceptors (Lipinski definition) is 17. The molecule has 10 N–H and O–H groups in total. The van der Waals surface area contributed by atoms with Gasteiger partial charge in [0.2, 0.25) is 11.8 Å². The molecule has 2 aromatic rings. The van der Waals surface area contributed by atoms with Gasteiger partial charge in [-0.25, -0.2) is 28.6 Å². The van der Waals surface area contributed by atoms with E-state index in [9.17, 15) is 53.1 Å². The van der Waals surface area contributed by atoms with Gasteiger partial charge in [0.15, 0.2) is 17.7 Å². The molecule has 23 nitrogen and oxygen atoms in total. The molecule has 27 heteroatoms. The third-order valence-corrected chi connectivity index (χ3v) is 11.4. The fraction of sp³-hybridized carbons (Fsp3) is 0.593. The predicted octanol–water partition coefficient (Wildman–Crippen LogP) is 0.618. The molecule has 1 aliphatic rings. The number of aliphatic hydroxyl groups excluding tert-OH is 2. The van der Waals surface area contributed by atoms with E-state index >= 15 is 0 Å². The average molecular weight is 848 g/mol. The fourth-order valence-corrected chi connectivity index (χ4v) is 8.00. The number of thioether (sulfide) groups is 1. The van der Waals surface area contributed by atoms with Gasteiger partial charge in [-0.15, -0.1) is 11.8 Å². The third-order valence-electron chi connectivity index (χ3n) is 7.50. The van der Waals surface area contributed by atoms with Crippen LogP contribution in [0.3, 0.4) is 0 Å². The molecule has 1 aliphatic heterocycles. The fourth-order valence-electron chi connectivity index (χ4n) is 4.51. The van der Waals surface area contributed by atoms with Crippen molar-refractivity contribution in [3.8, 4) is 0 Å². The van der Waals surface area contributed by atoms with Gasteiger partial charge < -0.3 is 50.9 Å². The molecular formula is C27H44N7O16P3S. The molecule has 7 atom stereocenters. The van der Waals surface area contributed by atoms with Crippen LogP contribution in [0.1, 0.15) is 40.3 Å². The molecule has 0 spiro atoms. The van der Waals surface area contributed by atoms with Crippen molar-refractivity contribution >= 4 is 64.0 Å². The summed E-state index contributed by atoms with van der Waals surface area (Å²) in [5.74, 6) is -0.694. The zero-order valence-corrected chi connectivity index (χ0v) is 32.9. The number of allylic oxidation sites excluding steroid dienone is 3. The summed E-state index contributed by atoms with van der Waals surface area (Å²) in [6.07, 6.45) is -2.86. The Morgan fingerprint density at radius 1 is 1.11 bits per heavy atom. The van der Waals surface area contributed by atoms with Gasteiger partial charge in [0, 0.05) is 30.7 Å². The molecule has 54 heavy (non-hydrogen) atoms. The average Bonchev–Trinajstić information content (AvgIpc) is 3.64. The summed E-state index contributed by atoms with van der Waals surface area (Å²) in [6.45, 7) is 4.69. The highest BCUT2D eigenvalue weighted by atomic mass is 32.2. The predicted molar refractivity (Wildman–Crippen MR) is 191 cm³/mol. The van der Waals surface area contributed by atoms with Crippen LogP contribution in [-0.4, -0.2) is 118 Å². The van der Waals surface area contributed by atoms with Crippen LogP contribution < -0.4 is 16.4 Å². The number of nitrogens with two attached hydrogens (primary N) is 1. The highest BCUT2D eigenvalue weighted by molar-refractivity contribution is 8.02. The Morgan fingerprint density at radius 2 is 1.80 bits per heavy atom. The van der Waals surface area contributed by atoms with Crippen LogP contribution in [0, 0.1) is 5.41 Å². The second-order valence-corrected chi connectivity index (χ2v) is 17.5. The highest BCUT2D eigenvalue weighted by Crippen LogP contribution is 2.61. The summed E-state index contributed by atoms with van der Waals surface area (Å²) in [5.41, 5.74) is 5.41. The number of carbonyl (C=O) groups excluding carboxylic acids is 2. The standard InChI is InChI=1S/C27H44N7O16P3S/c1-5-16(2)7-10-54-11-9-29-18(35)6-8-30-25(38)22(37)27(3,4)13-47-53(44,45)50-52(42,43)46-12-17-21(49-51(39,40)41)20(36)26(48-17)34-15-33-19-23(28)31-14-32-24(19)34/h5,7,10,14-15,17,20-22,26,36-37H,6,8-9,11-13H2,1-4H3,(H,29,35)(H,30,38)(H,42,43)(H,44,45)(H2,28,31,32)(H2,39,40,41)/t17-,20-,21-,22?,26-/m1/s1. The normalized spacial score (nSPS) is 22.6. The van der Waals surface area contributed by atoms with E-state index in [2.05, 4.69) is 34.4 Å². The van der Waals surface area contributed by atoms with Crippen molar-refractivity contribution < 1.29 is 75.7 Å². The number of ether oxygens (including phenoxy) is 1. The van der Waals surface area contributed by atoms with Gasteiger partial charge in [-0.1, -0.05) is 31.6 Å². The summed E-state index contributed by atoms with van der Waals surface area (Å²) in [7, 11) is -16.3. The second-order valence-electron chi connectivity index (χ2n) is 12.3. The van der Waals surface area contributed by atoms with Crippen LogP contribution >= 0.6 is 35.2 Å². The minimum atomic E-state index is -5.55. The van der Waals surface area contributed by atoms with Crippen molar-refractivity contribution in [3.05, 3.63) is 35.8 Å². The SMILES string of the molecule is CC=C(C)C=CSCCNC(=O)CCNC(=O)C(O)C(C)(C)COP(=O)(O)OP(=O)(O)OC[C@H]1O[C@@H](n2cnc3c(N)ncnc32)[C@H](O)[C@@H]1OP(=O)(O)O. The van der Waals surface area contributed by atoms with Gasteiger partial charge >= 0.3 is 23.5 Å². The smallest absolute Gasteiger partial charge is 0.386 e. The maximum atomic E-state index is 12.7. The van der Waals surface area contributed by atoms with E-state index < -0.39 is 78.6 Å². The zero-order chi connectivity index (χ0) is 40.5. The Morgan fingerprint density at radius 3 is 2.46 bits per heavy atom. The number of fused-ring (bicyclic) bond motifs is 1. The highest BCUT2D eigenvalue weighted by Gasteiger charge is 2.50. The topological polar surface area (TPSA) is 347 Å². The molecule has 2 aromatic heterocycles. The van der Waals surface area contributed by atoms with Crippen LogP contribution in [-0.2, 0) is 45.9 Å². The number of nitrogens with zero attached hydrogens (tertiary/aromatic N) is 4. The van der Waals surface area contributed by atoms with E-state index in [-0.39, 0.29) is 35.9 Å². The number of aromatic nitrogens is 4. The van der Waals surface area contributed by atoms with Crippen LogP contribution in [0.4, 0.5) is 5.82 Å². The lowest BCUT2D eigenvalue weighted by molar-refractivity contribution is -0.137. The number of anilines is 1. The number of aliphatic hydroxyl groups is 2. The minimum absolute atomic E-state index is 0.0362. The molecule has 0 aliphatic carbocycles.